The molecule has 4 aromatic rings. The van der Waals surface area contributed by atoms with Crippen LogP contribution in [0.15, 0.2) is 95.7 Å². The van der Waals surface area contributed by atoms with Crippen LogP contribution < -0.4 is 19.7 Å². The maximum Gasteiger partial charge on any atom is 0.174 e. The Morgan fingerprint density at radius 3 is 2.25 bits per heavy atom. The van der Waals surface area contributed by atoms with Gasteiger partial charge in [-0.25, -0.2) is 0 Å². The van der Waals surface area contributed by atoms with E-state index in [2.05, 4.69) is 15.2 Å². The largest absolute Gasteiger partial charge is 0.497 e. The lowest BCUT2D eigenvalue weighted by molar-refractivity contribution is 0.413. The summed E-state index contributed by atoms with van der Waals surface area (Å²) < 4.78 is 16.9. The van der Waals surface area contributed by atoms with Crippen molar-refractivity contribution in [3.05, 3.63) is 103 Å². The first-order chi connectivity index (χ1) is 15.7. The number of thiocarbonyl (C=S) groups is 1. The van der Waals surface area contributed by atoms with E-state index in [9.17, 15) is 0 Å². The number of furan rings is 1. The minimum Gasteiger partial charge on any atom is -0.497 e. The first kappa shape index (κ1) is 20.1. The Hall–Kier alpha value is -3.84. The van der Waals surface area contributed by atoms with Crippen molar-refractivity contribution < 1.29 is 13.9 Å². The molecule has 7 heteroatoms. The lowest BCUT2D eigenvalue weighted by atomic mass is 10.0. The van der Waals surface area contributed by atoms with E-state index < -0.39 is 0 Å². The minimum atomic E-state index is -0.166. The SMILES string of the molecule is COc1ccc(Oc2ccc(N3C(=S)N[C@H](c4ccccn4)[C@H]3c3ccco3)cc2)cc1. The fourth-order valence-corrected chi connectivity index (χ4v) is 4.18. The fraction of sp³-hybridized carbons (Fsp3) is 0.120. The van der Waals surface area contributed by atoms with Gasteiger partial charge in [-0.1, -0.05) is 6.07 Å². The molecule has 3 heterocycles. The first-order valence-corrected chi connectivity index (χ1v) is 10.6. The second-order valence-electron chi connectivity index (χ2n) is 7.28. The standard InChI is InChI=1S/C25H21N3O3S/c1-29-18-11-13-20(14-12-18)31-19-9-7-17(8-10-19)28-24(22-6-4-16-30-22)23(27-25(28)32)21-5-2-3-15-26-21/h2-16,23-24H,1H3,(H,27,32)/t23-,24-/m1/s1. The number of methoxy groups -OCH3 is 1. The van der Waals surface area contributed by atoms with Crippen LogP contribution in [0.5, 0.6) is 17.2 Å². The average Bonchev–Trinajstić information content (AvgIpc) is 3.48. The highest BCUT2D eigenvalue weighted by Crippen LogP contribution is 2.42. The molecule has 0 aliphatic carbocycles. The average molecular weight is 444 g/mol. The van der Waals surface area contributed by atoms with E-state index in [-0.39, 0.29) is 12.1 Å². The van der Waals surface area contributed by atoms with Crippen LogP contribution in [0.25, 0.3) is 0 Å². The third kappa shape index (κ3) is 3.90. The van der Waals surface area contributed by atoms with Crippen molar-refractivity contribution in [3.8, 4) is 17.2 Å². The Balaban J connectivity index is 1.42. The van der Waals surface area contributed by atoms with Crippen LogP contribution >= 0.6 is 12.2 Å². The number of anilines is 1. The van der Waals surface area contributed by atoms with Crippen LogP contribution in [-0.2, 0) is 0 Å². The highest BCUT2D eigenvalue weighted by atomic mass is 32.1. The summed E-state index contributed by atoms with van der Waals surface area (Å²) in [6.07, 6.45) is 3.46. The number of hydrogen-bond acceptors (Lipinski definition) is 5. The first-order valence-electron chi connectivity index (χ1n) is 10.2. The van der Waals surface area contributed by atoms with Crippen molar-refractivity contribution in [2.45, 2.75) is 12.1 Å². The molecule has 6 nitrogen and oxygen atoms in total. The van der Waals surface area contributed by atoms with Crippen LogP contribution in [0, 0.1) is 0 Å². The quantitative estimate of drug-likeness (QED) is 0.386. The zero-order valence-electron chi connectivity index (χ0n) is 17.3. The normalized spacial score (nSPS) is 17.8. The van der Waals surface area contributed by atoms with Crippen molar-refractivity contribution in [1.29, 1.82) is 0 Å². The van der Waals surface area contributed by atoms with Gasteiger partial charge < -0.3 is 24.1 Å². The molecule has 0 unspecified atom stereocenters. The molecule has 1 N–H and O–H groups in total. The number of aromatic nitrogens is 1. The van der Waals surface area contributed by atoms with Crippen LogP contribution in [0.1, 0.15) is 23.5 Å². The Labute approximate surface area is 191 Å². The van der Waals surface area contributed by atoms with Crippen molar-refractivity contribution in [2.24, 2.45) is 0 Å². The van der Waals surface area contributed by atoms with Gasteiger partial charge in [0.15, 0.2) is 5.11 Å². The number of nitrogens with one attached hydrogen (secondary N) is 1. The fourth-order valence-electron chi connectivity index (χ4n) is 3.84. The lowest BCUT2D eigenvalue weighted by Crippen LogP contribution is -2.29. The van der Waals surface area contributed by atoms with Gasteiger partial charge in [0.25, 0.3) is 0 Å². The molecule has 0 bridgehead atoms. The smallest absolute Gasteiger partial charge is 0.174 e. The van der Waals surface area contributed by atoms with Crippen molar-refractivity contribution >= 4 is 23.0 Å². The van der Waals surface area contributed by atoms with Crippen molar-refractivity contribution in [2.75, 3.05) is 12.0 Å². The van der Waals surface area contributed by atoms with Gasteiger partial charge in [-0.15, -0.1) is 0 Å². The van der Waals surface area contributed by atoms with E-state index in [4.69, 9.17) is 26.1 Å². The van der Waals surface area contributed by atoms with Gasteiger partial charge in [-0.2, -0.15) is 0 Å². The topological polar surface area (TPSA) is 59.8 Å². The second-order valence-corrected chi connectivity index (χ2v) is 7.67. The molecule has 1 fully saturated rings. The summed E-state index contributed by atoms with van der Waals surface area (Å²) in [4.78, 5) is 6.60. The summed E-state index contributed by atoms with van der Waals surface area (Å²) >= 11 is 5.71. The van der Waals surface area contributed by atoms with E-state index in [1.165, 1.54) is 0 Å². The third-order valence-corrected chi connectivity index (χ3v) is 5.66. The maximum absolute atomic E-state index is 5.96. The maximum atomic E-state index is 5.96. The van der Waals surface area contributed by atoms with Crippen LogP contribution in [0.4, 0.5) is 5.69 Å². The van der Waals surface area contributed by atoms with Crippen molar-refractivity contribution in [3.63, 3.8) is 0 Å². The molecule has 1 aliphatic rings. The zero-order chi connectivity index (χ0) is 21.9. The molecule has 160 valence electrons. The molecular formula is C25H21N3O3S. The van der Waals surface area contributed by atoms with E-state index in [0.29, 0.717) is 5.11 Å². The number of rotatable bonds is 6. The Kier molecular flexibility index (Phi) is 5.47. The summed E-state index contributed by atoms with van der Waals surface area (Å²) in [6.45, 7) is 0. The number of ether oxygens (including phenoxy) is 2. The lowest BCUT2D eigenvalue weighted by Gasteiger charge is -2.26. The summed E-state index contributed by atoms with van der Waals surface area (Å²) in [5.74, 6) is 3.06. The molecule has 0 saturated carbocycles. The van der Waals surface area contributed by atoms with Crippen LogP contribution in [0.2, 0.25) is 0 Å². The summed E-state index contributed by atoms with van der Waals surface area (Å²) in [5, 5.41) is 4.03. The van der Waals surface area contributed by atoms with Gasteiger partial charge in [-0.05, 0) is 85.0 Å². The minimum absolute atomic E-state index is 0.134. The number of benzene rings is 2. The number of nitrogens with zero attached hydrogens (tertiary/aromatic N) is 2. The van der Waals surface area contributed by atoms with Gasteiger partial charge in [0.1, 0.15) is 29.1 Å². The van der Waals surface area contributed by atoms with Crippen molar-refractivity contribution in [1.82, 2.24) is 10.3 Å². The molecule has 32 heavy (non-hydrogen) atoms. The predicted octanol–water partition coefficient (Wildman–Crippen LogP) is 5.65. The highest BCUT2D eigenvalue weighted by molar-refractivity contribution is 7.80. The molecule has 2 aromatic carbocycles. The highest BCUT2D eigenvalue weighted by Gasteiger charge is 2.42. The van der Waals surface area contributed by atoms with E-state index >= 15 is 0 Å². The molecule has 0 amide bonds. The summed E-state index contributed by atoms with van der Waals surface area (Å²) in [5.41, 5.74) is 1.84. The van der Waals surface area contributed by atoms with Gasteiger partial charge >= 0.3 is 0 Å². The second kappa shape index (κ2) is 8.72. The van der Waals surface area contributed by atoms with E-state index in [1.54, 1.807) is 19.6 Å². The molecule has 1 aliphatic heterocycles. The summed E-state index contributed by atoms with van der Waals surface area (Å²) in [6, 6.07) is 24.7. The Morgan fingerprint density at radius 1 is 0.906 bits per heavy atom. The monoisotopic (exact) mass is 443 g/mol. The molecule has 2 atom stereocenters. The molecule has 5 rings (SSSR count). The van der Waals surface area contributed by atoms with Gasteiger partial charge in [0.05, 0.1) is 25.1 Å². The van der Waals surface area contributed by atoms with Gasteiger partial charge in [0.2, 0.25) is 0 Å². The molecule has 0 spiro atoms. The molecular weight excluding hydrogens is 422 g/mol. The molecule has 2 aromatic heterocycles. The van der Waals surface area contributed by atoms with Crippen LogP contribution in [-0.4, -0.2) is 17.2 Å². The number of pyridine rings is 1. The predicted molar refractivity (Wildman–Crippen MR) is 126 cm³/mol. The van der Waals surface area contributed by atoms with Crippen LogP contribution in [0.3, 0.4) is 0 Å². The van der Waals surface area contributed by atoms with Gasteiger partial charge in [0, 0.05) is 11.9 Å². The molecule has 1 saturated heterocycles. The number of hydrogen-bond donors (Lipinski definition) is 1. The zero-order valence-corrected chi connectivity index (χ0v) is 18.2. The Bertz CT molecular complexity index is 1180. The molecule has 0 radical (unpaired) electrons. The Morgan fingerprint density at radius 2 is 1.62 bits per heavy atom. The summed E-state index contributed by atoms with van der Waals surface area (Å²) in [7, 11) is 1.64. The van der Waals surface area contributed by atoms with E-state index in [1.807, 2.05) is 78.9 Å². The third-order valence-electron chi connectivity index (χ3n) is 5.34. The van der Waals surface area contributed by atoms with E-state index in [0.717, 1.165) is 34.4 Å². The van der Waals surface area contributed by atoms with Gasteiger partial charge in [-0.3, -0.25) is 4.98 Å².